The van der Waals surface area contributed by atoms with E-state index in [1.165, 1.54) is 0 Å². The van der Waals surface area contributed by atoms with E-state index in [0.717, 1.165) is 0 Å². The molecule has 2 aromatic rings. The first-order chi connectivity index (χ1) is 8.79. The highest BCUT2D eigenvalue weighted by Gasteiger charge is 2.22. The van der Waals surface area contributed by atoms with Gasteiger partial charge in [0.05, 0.1) is 5.69 Å². The van der Waals surface area contributed by atoms with E-state index in [1.54, 1.807) is 4.72 Å². The maximum atomic E-state index is 13.3. The third-order valence-electron chi connectivity index (χ3n) is 1.89. The third kappa shape index (κ3) is 2.76. The summed E-state index contributed by atoms with van der Waals surface area (Å²) >= 11 is 0.523. The molecule has 1 aromatic heterocycles. The molecule has 0 saturated heterocycles. The van der Waals surface area contributed by atoms with Gasteiger partial charge in [0.25, 0.3) is 14.4 Å². The monoisotopic (exact) mass is 310 g/mol. The number of nitrogens with one attached hydrogen (secondary N) is 1. The van der Waals surface area contributed by atoms with E-state index in [0.29, 0.717) is 17.4 Å². The molecule has 0 aliphatic carbocycles. The normalized spacial score (nSPS) is 11.5. The number of sulfonamides is 1. The standard InChI is InChI=1S/C8H5F3N4O2S2/c9-3-1-4(10)6(11)5(2-3)15-19(16,17)8-14-13-7(12)18-8/h1-2,15H,(H2,12,13). The fraction of sp³-hybridized carbons (Fsp3) is 0. The zero-order chi connectivity index (χ0) is 14.2. The first kappa shape index (κ1) is 13.5. The van der Waals surface area contributed by atoms with Crippen molar-refractivity contribution in [1.29, 1.82) is 0 Å². The number of aromatic nitrogens is 2. The van der Waals surface area contributed by atoms with E-state index >= 15 is 0 Å². The Labute approximate surface area is 109 Å². The Morgan fingerprint density at radius 3 is 2.47 bits per heavy atom. The summed E-state index contributed by atoms with van der Waals surface area (Å²) in [6.45, 7) is 0. The number of halogens is 3. The van der Waals surface area contributed by atoms with Crippen molar-refractivity contribution in [2.24, 2.45) is 0 Å². The van der Waals surface area contributed by atoms with Gasteiger partial charge in [0, 0.05) is 12.1 Å². The Hall–Kier alpha value is -1.88. The molecule has 2 rings (SSSR count). The van der Waals surface area contributed by atoms with Crippen molar-refractivity contribution < 1.29 is 21.6 Å². The highest BCUT2D eigenvalue weighted by Crippen LogP contribution is 2.24. The second-order valence-electron chi connectivity index (χ2n) is 3.26. The van der Waals surface area contributed by atoms with E-state index in [-0.39, 0.29) is 11.2 Å². The first-order valence-corrected chi connectivity index (χ1v) is 6.86. The van der Waals surface area contributed by atoms with Crippen molar-refractivity contribution in [2.45, 2.75) is 4.34 Å². The topological polar surface area (TPSA) is 98.0 Å². The molecule has 3 N–H and O–H groups in total. The SMILES string of the molecule is Nc1nnc(S(=O)(=O)Nc2cc(F)cc(F)c2F)s1. The van der Waals surface area contributed by atoms with Crippen LogP contribution in [0, 0.1) is 17.5 Å². The van der Waals surface area contributed by atoms with Crippen LogP contribution >= 0.6 is 11.3 Å². The molecule has 0 aliphatic rings. The van der Waals surface area contributed by atoms with Crippen LogP contribution in [0.4, 0.5) is 24.0 Å². The number of rotatable bonds is 3. The molecule has 0 fully saturated rings. The molecule has 0 atom stereocenters. The molecule has 0 spiro atoms. The summed E-state index contributed by atoms with van der Waals surface area (Å²) in [4.78, 5) is 0. The smallest absolute Gasteiger partial charge is 0.291 e. The van der Waals surface area contributed by atoms with Gasteiger partial charge in [-0.2, -0.15) is 8.42 Å². The second kappa shape index (κ2) is 4.66. The van der Waals surface area contributed by atoms with Crippen LogP contribution in [0.25, 0.3) is 0 Å². The summed E-state index contributed by atoms with van der Waals surface area (Å²) in [7, 11) is -4.31. The molecule has 0 amide bonds. The predicted octanol–water partition coefficient (Wildman–Crippen LogP) is 1.34. The minimum Gasteiger partial charge on any atom is -0.374 e. The van der Waals surface area contributed by atoms with Crippen LogP contribution in [0.1, 0.15) is 0 Å². The fourth-order valence-electron chi connectivity index (χ4n) is 1.15. The molecule has 1 aromatic carbocycles. The maximum absolute atomic E-state index is 13.3. The highest BCUT2D eigenvalue weighted by molar-refractivity contribution is 7.94. The Morgan fingerprint density at radius 1 is 1.21 bits per heavy atom. The molecule has 19 heavy (non-hydrogen) atoms. The van der Waals surface area contributed by atoms with Crippen molar-refractivity contribution in [3.8, 4) is 0 Å². The summed E-state index contributed by atoms with van der Waals surface area (Å²) < 4.78 is 63.7. The number of nitrogens with two attached hydrogens (primary N) is 1. The van der Waals surface area contributed by atoms with Crippen molar-refractivity contribution in [1.82, 2.24) is 10.2 Å². The van der Waals surface area contributed by atoms with Crippen LogP contribution < -0.4 is 10.5 Å². The van der Waals surface area contributed by atoms with Gasteiger partial charge in [-0.3, -0.25) is 4.72 Å². The van der Waals surface area contributed by atoms with Gasteiger partial charge < -0.3 is 5.73 Å². The van der Waals surface area contributed by atoms with Gasteiger partial charge >= 0.3 is 0 Å². The minimum absolute atomic E-state index is 0.119. The van der Waals surface area contributed by atoms with Gasteiger partial charge in [0.1, 0.15) is 5.82 Å². The van der Waals surface area contributed by atoms with Gasteiger partial charge in [-0.15, -0.1) is 10.2 Å². The first-order valence-electron chi connectivity index (χ1n) is 4.56. The highest BCUT2D eigenvalue weighted by atomic mass is 32.2. The molecule has 6 nitrogen and oxygen atoms in total. The second-order valence-corrected chi connectivity index (χ2v) is 6.13. The summed E-state index contributed by atoms with van der Waals surface area (Å²) in [6.07, 6.45) is 0. The lowest BCUT2D eigenvalue weighted by atomic mass is 10.3. The number of anilines is 2. The van der Waals surface area contributed by atoms with Crippen molar-refractivity contribution in [3.63, 3.8) is 0 Å². The molecule has 0 bridgehead atoms. The van der Waals surface area contributed by atoms with Crippen LogP contribution in [0.2, 0.25) is 0 Å². The molecule has 0 radical (unpaired) electrons. The van der Waals surface area contributed by atoms with Crippen molar-refractivity contribution in [2.75, 3.05) is 10.5 Å². The Kier molecular flexibility index (Phi) is 3.32. The van der Waals surface area contributed by atoms with Gasteiger partial charge in [0.15, 0.2) is 11.6 Å². The van der Waals surface area contributed by atoms with Gasteiger partial charge in [0.2, 0.25) is 5.13 Å². The number of nitrogens with zero attached hydrogens (tertiary/aromatic N) is 2. The number of benzene rings is 1. The number of hydrogen-bond donors (Lipinski definition) is 2. The molecule has 0 saturated carbocycles. The Bertz CT molecular complexity index is 732. The van der Waals surface area contributed by atoms with Crippen LogP contribution in [0.15, 0.2) is 16.5 Å². The summed E-state index contributed by atoms with van der Waals surface area (Å²) in [6, 6.07) is 0.788. The zero-order valence-corrected chi connectivity index (χ0v) is 10.5. The quantitative estimate of drug-likeness (QED) is 0.834. The van der Waals surface area contributed by atoms with E-state index in [1.807, 2.05) is 0 Å². The Morgan fingerprint density at radius 2 is 1.89 bits per heavy atom. The minimum atomic E-state index is -4.31. The lowest BCUT2D eigenvalue weighted by Gasteiger charge is -2.06. The predicted molar refractivity (Wildman–Crippen MR) is 61.4 cm³/mol. The molecule has 11 heteroatoms. The van der Waals surface area contributed by atoms with Crippen LogP contribution in [0.5, 0.6) is 0 Å². The lowest BCUT2D eigenvalue weighted by Crippen LogP contribution is -2.14. The maximum Gasteiger partial charge on any atom is 0.291 e. The molecule has 0 unspecified atom stereocenters. The summed E-state index contributed by atoms with van der Waals surface area (Å²) in [5, 5.41) is 6.39. The number of nitrogen functional groups attached to an aromatic ring is 1. The molecular weight excluding hydrogens is 305 g/mol. The molecule has 1 heterocycles. The van der Waals surface area contributed by atoms with Gasteiger partial charge in [-0.05, 0) is 0 Å². The zero-order valence-electron chi connectivity index (χ0n) is 8.89. The van der Waals surface area contributed by atoms with Crippen molar-refractivity contribution in [3.05, 3.63) is 29.6 Å². The van der Waals surface area contributed by atoms with Crippen LogP contribution in [-0.4, -0.2) is 18.6 Å². The molecule has 0 aliphatic heterocycles. The van der Waals surface area contributed by atoms with E-state index in [4.69, 9.17) is 5.73 Å². The molecular formula is C8H5F3N4O2S2. The van der Waals surface area contributed by atoms with Crippen molar-refractivity contribution >= 4 is 32.2 Å². The third-order valence-corrected chi connectivity index (χ3v) is 4.37. The van der Waals surface area contributed by atoms with Crippen LogP contribution in [0.3, 0.4) is 0 Å². The largest absolute Gasteiger partial charge is 0.374 e. The fourth-order valence-corrected chi connectivity index (χ4v) is 2.98. The van der Waals surface area contributed by atoms with E-state index < -0.39 is 37.5 Å². The average Bonchev–Trinajstić information content (AvgIpc) is 2.72. The Balaban J connectivity index is 2.41. The number of hydrogen-bond acceptors (Lipinski definition) is 6. The summed E-state index contributed by atoms with van der Waals surface area (Å²) in [5.74, 6) is -4.18. The van der Waals surface area contributed by atoms with Gasteiger partial charge in [-0.1, -0.05) is 11.3 Å². The summed E-state index contributed by atoms with van der Waals surface area (Å²) in [5.41, 5.74) is 4.34. The van der Waals surface area contributed by atoms with Gasteiger partial charge in [-0.25, -0.2) is 13.2 Å². The lowest BCUT2D eigenvalue weighted by molar-refractivity contribution is 0.498. The molecule has 102 valence electrons. The van der Waals surface area contributed by atoms with E-state index in [2.05, 4.69) is 10.2 Å². The average molecular weight is 310 g/mol. The van der Waals surface area contributed by atoms with Crippen LogP contribution in [-0.2, 0) is 10.0 Å². The van der Waals surface area contributed by atoms with E-state index in [9.17, 15) is 21.6 Å².